The van der Waals surface area contributed by atoms with Crippen molar-refractivity contribution in [1.29, 1.82) is 0 Å². The molecule has 0 aliphatic heterocycles. The summed E-state index contributed by atoms with van der Waals surface area (Å²) in [5.41, 5.74) is 6.17. The number of hydrogen-bond donors (Lipinski definition) is 9. The van der Waals surface area contributed by atoms with Crippen molar-refractivity contribution in [1.82, 2.24) is 31.9 Å². The summed E-state index contributed by atoms with van der Waals surface area (Å²) >= 11 is 0. The van der Waals surface area contributed by atoms with Gasteiger partial charge in [-0.2, -0.15) is 0 Å². The Kier molecular flexibility index (Phi) is 20.5. The Hall–Kier alpha value is -4.31. The predicted octanol–water partition coefficient (Wildman–Crippen LogP) is 1.20. The maximum atomic E-state index is 13.7. The largest absolute Gasteiger partial charge is 0.481 e. The van der Waals surface area contributed by atoms with Crippen LogP contribution in [-0.2, 0) is 33.6 Å². The van der Waals surface area contributed by atoms with Gasteiger partial charge in [-0.3, -0.25) is 33.6 Å². The van der Waals surface area contributed by atoms with Gasteiger partial charge in [0.05, 0.1) is 12.1 Å². The molecular formula is C36H61N7O9. The van der Waals surface area contributed by atoms with Gasteiger partial charge in [0.25, 0.3) is 11.8 Å². The van der Waals surface area contributed by atoms with Crippen LogP contribution in [-0.4, -0.2) is 94.5 Å². The Morgan fingerprint density at radius 3 is 2.00 bits per heavy atom. The van der Waals surface area contributed by atoms with Gasteiger partial charge in [0.1, 0.15) is 23.8 Å². The normalized spacial score (nSPS) is 17.0. The van der Waals surface area contributed by atoms with Crippen LogP contribution < -0.4 is 37.6 Å². The summed E-state index contributed by atoms with van der Waals surface area (Å²) < 4.78 is 0. The van der Waals surface area contributed by atoms with E-state index in [1.807, 2.05) is 0 Å². The number of nitrogens with two attached hydrogens (primary N) is 1. The van der Waals surface area contributed by atoms with Crippen LogP contribution in [0.3, 0.4) is 0 Å². The molecule has 1 aliphatic carbocycles. The second-order valence-electron chi connectivity index (χ2n) is 13.8. The first-order chi connectivity index (χ1) is 24.4. The quantitative estimate of drug-likeness (QED) is 0.0532. The van der Waals surface area contributed by atoms with Crippen LogP contribution in [0.2, 0.25) is 0 Å². The number of carbonyl (C=O) groups is 7. The number of carboxylic acid groups (broad SMARTS) is 2. The van der Waals surface area contributed by atoms with Crippen LogP contribution in [0, 0.1) is 11.8 Å². The van der Waals surface area contributed by atoms with E-state index in [0.717, 1.165) is 32.1 Å². The van der Waals surface area contributed by atoms with E-state index in [2.05, 4.69) is 38.5 Å². The second-order valence-corrected chi connectivity index (χ2v) is 13.8. The van der Waals surface area contributed by atoms with Crippen molar-refractivity contribution in [3.63, 3.8) is 0 Å². The van der Waals surface area contributed by atoms with Crippen molar-refractivity contribution in [3.05, 3.63) is 23.9 Å². The molecule has 52 heavy (non-hydrogen) atoms. The van der Waals surface area contributed by atoms with Gasteiger partial charge in [0.2, 0.25) is 17.7 Å². The summed E-state index contributed by atoms with van der Waals surface area (Å²) in [5.74, 6) is -5.41. The first-order valence-electron chi connectivity index (χ1n) is 18.3. The number of carbonyl (C=O) groups excluding carboxylic acids is 5. The van der Waals surface area contributed by atoms with Crippen LogP contribution in [0.5, 0.6) is 0 Å². The minimum Gasteiger partial charge on any atom is -0.481 e. The minimum absolute atomic E-state index is 0.0355. The summed E-state index contributed by atoms with van der Waals surface area (Å²) in [7, 11) is 0. The molecule has 10 N–H and O–H groups in total. The summed E-state index contributed by atoms with van der Waals surface area (Å²) in [6.07, 6.45) is 7.69. The van der Waals surface area contributed by atoms with E-state index in [0.29, 0.717) is 30.8 Å². The Labute approximate surface area is 306 Å². The molecule has 0 aromatic heterocycles. The number of aliphatic carboxylic acids is 2. The van der Waals surface area contributed by atoms with E-state index in [9.17, 15) is 33.6 Å². The Morgan fingerprint density at radius 1 is 0.827 bits per heavy atom. The lowest BCUT2D eigenvalue weighted by Gasteiger charge is -2.29. The number of hydrogen-bond acceptors (Lipinski definition) is 9. The van der Waals surface area contributed by atoms with E-state index < -0.39 is 77.7 Å². The standard InChI is InChI=1S/C36H61N7O9/c1-8-13-27(41-35(50)30(21(5)9-2)43-32(47)26(37)16-17-28(44)45)33(48)40-25(18-24-14-11-10-12-15-24)19-38-22(6)31(46)42-29(20(3)4)34(49)39-23(7)36(51)52/h13,20,22-26,29-30,38H,5,8-12,14-19,37H2,1-4,6-7H3,(H,39,49)(H,40,48)(H,41,50)(H,42,46)(H,43,47)(H,44,45)(H,51,52)/b27-13+/t22-,23-,25-,26-,29-,30-/m0/s1. The molecule has 0 aromatic carbocycles. The number of carboxylic acids is 2. The molecule has 0 aromatic rings. The van der Waals surface area contributed by atoms with E-state index in [1.54, 1.807) is 40.7 Å². The lowest BCUT2D eigenvalue weighted by atomic mass is 9.84. The molecular weight excluding hydrogens is 674 g/mol. The average molecular weight is 736 g/mol. The molecule has 0 unspecified atom stereocenters. The highest BCUT2D eigenvalue weighted by Gasteiger charge is 2.31. The molecule has 1 rings (SSSR count). The average Bonchev–Trinajstić information content (AvgIpc) is 3.09. The maximum absolute atomic E-state index is 13.7. The van der Waals surface area contributed by atoms with Gasteiger partial charge in [-0.05, 0) is 56.9 Å². The Morgan fingerprint density at radius 2 is 1.46 bits per heavy atom. The maximum Gasteiger partial charge on any atom is 0.325 e. The Balaban J connectivity index is 3.10. The summed E-state index contributed by atoms with van der Waals surface area (Å²) in [6, 6.07) is -5.74. The van der Waals surface area contributed by atoms with Gasteiger partial charge in [-0.25, -0.2) is 0 Å². The third-order valence-corrected chi connectivity index (χ3v) is 9.05. The molecule has 1 fully saturated rings. The fourth-order valence-electron chi connectivity index (χ4n) is 5.70. The second kappa shape index (κ2) is 23.3. The van der Waals surface area contributed by atoms with Crippen LogP contribution >= 0.6 is 0 Å². The smallest absolute Gasteiger partial charge is 0.325 e. The number of nitrogens with one attached hydrogen (secondary N) is 6. The van der Waals surface area contributed by atoms with E-state index >= 15 is 0 Å². The molecule has 0 radical (unpaired) electrons. The van der Waals surface area contributed by atoms with Crippen LogP contribution in [0.15, 0.2) is 23.9 Å². The number of allylic oxidation sites excluding steroid dienone is 1. The SMILES string of the molecule is C=C(CC)[C@H](NC(=O)[C@@H](N)CCC(=O)O)C(=O)N/C(=C/CC)C(=O)N[C@H](CN[C@@H](C)C(=O)N[C@H](C(=O)N[C@@H](C)C(=O)O)C(C)C)CC1CCCCC1. The van der Waals surface area contributed by atoms with Gasteiger partial charge in [0.15, 0.2) is 0 Å². The minimum atomic E-state index is -1.23. The highest BCUT2D eigenvalue weighted by atomic mass is 16.4. The first kappa shape index (κ1) is 45.7. The molecule has 0 saturated heterocycles. The van der Waals surface area contributed by atoms with E-state index in [4.69, 9.17) is 15.9 Å². The number of rotatable bonds is 23. The molecule has 1 saturated carbocycles. The molecule has 0 bridgehead atoms. The fraction of sp³-hybridized carbons (Fsp3) is 0.694. The highest BCUT2D eigenvalue weighted by molar-refractivity contribution is 6.00. The van der Waals surface area contributed by atoms with Crippen molar-refractivity contribution < 1.29 is 43.8 Å². The van der Waals surface area contributed by atoms with Gasteiger partial charge in [-0.15, -0.1) is 0 Å². The molecule has 6 atom stereocenters. The molecule has 294 valence electrons. The monoisotopic (exact) mass is 735 g/mol. The van der Waals surface area contributed by atoms with Crippen LogP contribution in [0.1, 0.15) is 106 Å². The zero-order valence-electron chi connectivity index (χ0n) is 31.5. The van der Waals surface area contributed by atoms with Gasteiger partial charge in [0, 0.05) is 19.0 Å². The molecule has 5 amide bonds. The van der Waals surface area contributed by atoms with Crippen molar-refractivity contribution in [2.45, 2.75) is 142 Å². The van der Waals surface area contributed by atoms with E-state index in [1.165, 1.54) is 6.92 Å². The van der Waals surface area contributed by atoms with Crippen molar-refractivity contribution in [3.8, 4) is 0 Å². The fourth-order valence-corrected chi connectivity index (χ4v) is 5.70. The first-order valence-corrected chi connectivity index (χ1v) is 18.3. The van der Waals surface area contributed by atoms with E-state index in [-0.39, 0.29) is 31.0 Å². The highest BCUT2D eigenvalue weighted by Crippen LogP contribution is 2.27. The molecule has 16 heteroatoms. The van der Waals surface area contributed by atoms with Crippen molar-refractivity contribution in [2.75, 3.05) is 6.54 Å². The third kappa shape index (κ3) is 16.4. The summed E-state index contributed by atoms with van der Waals surface area (Å²) in [5, 5.41) is 34.5. The summed E-state index contributed by atoms with van der Waals surface area (Å²) in [4.78, 5) is 87.9. The third-order valence-electron chi connectivity index (χ3n) is 9.05. The van der Waals surface area contributed by atoms with Crippen molar-refractivity contribution in [2.24, 2.45) is 17.6 Å². The molecule has 0 spiro atoms. The van der Waals surface area contributed by atoms with Crippen LogP contribution in [0.25, 0.3) is 0 Å². The summed E-state index contributed by atoms with van der Waals surface area (Å²) in [6.45, 7) is 14.0. The topological polar surface area (TPSA) is 258 Å². The van der Waals surface area contributed by atoms with Crippen molar-refractivity contribution >= 4 is 41.5 Å². The lowest BCUT2D eigenvalue weighted by molar-refractivity contribution is -0.142. The van der Waals surface area contributed by atoms with Gasteiger partial charge in [-0.1, -0.05) is 72.5 Å². The molecule has 1 aliphatic rings. The lowest BCUT2D eigenvalue weighted by Crippen LogP contribution is -2.57. The molecule has 0 heterocycles. The van der Waals surface area contributed by atoms with Gasteiger partial charge < -0.3 is 47.8 Å². The Bertz CT molecular complexity index is 1300. The predicted molar refractivity (Wildman–Crippen MR) is 195 cm³/mol. The zero-order valence-corrected chi connectivity index (χ0v) is 31.5. The molecule has 16 nitrogen and oxygen atoms in total. The van der Waals surface area contributed by atoms with Crippen LogP contribution in [0.4, 0.5) is 0 Å². The van der Waals surface area contributed by atoms with Gasteiger partial charge >= 0.3 is 11.9 Å². The zero-order chi connectivity index (χ0) is 39.5. The number of amides is 5.